The fraction of sp³-hybridized carbons (Fsp3) is 1.00. The van der Waals surface area contributed by atoms with Crippen molar-refractivity contribution in [2.45, 2.75) is 36.1 Å². The highest BCUT2D eigenvalue weighted by Crippen LogP contribution is 2.45. The molecule has 0 heterocycles. The van der Waals surface area contributed by atoms with Gasteiger partial charge in [-0.3, -0.25) is 4.55 Å². The molecule has 0 aromatic rings. The van der Waals surface area contributed by atoms with E-state index in [9.17, 15) is 47.9 Å². The first kappa shape index (κ1) is 23.5. The number of hydrogen-bond acceptors (Lipinski definition) is 3. The molecule has 0 saturated heterocycles. The molecule has 0 aliphatic carbocycles. The Morgan fingerprint density at radius 2 is 1.23 bits per heavy atom. The van der Waals surface area contributed by atoms with E-state index in [1.54, 1.807) is 0 Å². The zero-order valence-corrected chi connectivity index (χ0v) is 11.7. The molecule has 0 rings (SSSR count). The molecule has 0 spiro atoms. The maximum absolute atomic E-state index is 12.7. The molecule has 3 atom stereocenters. The Morgan fingerprint density at radius 1 is 0.909 bits per heavy atom. The SMILES string of the molecule is CNC.O=S(=O)(O)C(F)C(F)(F)C(F)(F)C(F)C(F)C(F)F. The summed E-state index contributed by atoms with van der Waals surface area (Å²) >= 11 is 0. The van der Waals surface area contributed by atoms with Crippen molar-refractivity contribution in [3.63, 3.8) is 0 Å². The van der Waals surface area contributed by atoms with Crippen molar-refractivity contribution in [2.75, 3.05) is 14.1 Å². The summed E-state index contributed by atoms with van der Waals surface area (Å²) in [6, 6.07) is 0. The topological polar surface area (TPSA) is 66.4 Å². The van der Waals surface area contributed by atoms with E-state index < -0.39 is 46.2 Å². The maximum Gasteiger partial charge on any atom is 0.360 e. The van der Waals surface area contributed by atoms with E-state index in [1.807, 2.05) is 14.1 Å². The predicted molar refractivity (Wildman–Crippen MR) is 57.1 cm³/mol. The van der Waals surface area contributed by atoms with Crippen LogP contribution in [0, 0.1) is 0 Å². The maximum atomic E-state index is 12.7. The van der Waals surface area contributed by atoms with Gasteiger partial charge in [0.2, 0.25) is 6.17 Å². The van der Waals surface area contributed by atoms with Crippen molar-refractivity contribution < 1.29 is 52.5 Å². The molecule has 4 nitrogen and oxygen atoms in total. The highest BCUT2D eigenvalue weighted by atomic mass is 32.2. The van der Waals surface area contributed by atoms with Crippen LogP contribution in [0.2, 0.25) is 0 Å². The Balaban J connectivity index is 0. The zero-order valence-electron chi connectivity index (χ0n) is 10.9. The van der Waals surface area contributed by atoms with E-state index in [2.05, 4.69) is 5.32 Å². The molecule has 14 heteroatoms. The minimum absolute atomic E-state index is 1.88. The Labute approximate surface area is 119 Å². The highest BCUT2D eigenvalue weighted by Gasteiger charge is 2.71. The zero-order chi connectivity index (χ0) is 18.5. The van der Waals surface area contributed by atoms with Crippen LogP contribution in [0.4, 0.5) is 39.5 Å². The molecule has 0 aromatic heterocycles. The smallest absolute Gasteiger partial charge is 0.323 e. The number of alkyl halides is 9. The molecule has 0 amide bonds. The molecule has 0 aliphatic heterocycles. The number of hydrogen-bond donors (Lipinski definition) is 2. The first-order valence-corrected chi connectivity index (χ1v) is 6.60. The number of rotatable bonds is 6. The molecule has 0 radical (unpaired) electrons. The Morgan fingerprint density at radius 3 is 1.45 bits per heavy atom. The molecule has 22 heavy (non-hydrogen) atoms. The van der Waals surface area contributed by atoms with Gasteiger partial charge >= 0.3 is 22.0 Å². The van der Waals surface area contributed by atoms with E-state index in [4.69, 9.17) is 4.55 Å². The summed E-state index contributed by atoms with van der Waals surface area (Å²) in [5.41, 5.74) is -5.02. The van der Waals surface area contributed by atoms with Crippen molar-refractivity contribution in [1.29, 1.82) is 0 Å². The second-order valence-electron chi connectivity index (χ2n) is 3.76. The van der Waals surface area contributed by atoms with Crippen LogP contribution in [0.25, 0.3) is 0 Å². The van der Waals surface area contributed by atoms with Gasteiger partial charge in [0, 0.05) is 0 Å². The van der Waals surface area contributed by atoms with Crippen LogP contribution in [0.5, 0.6) is 0 Å². The minimum atomic E-state index is -6.46. The van der Waals surface area contributed by atoms with Crippen molar-refractivity contribution in [3.8, 4) is 0 Å². The lowest BCUT2D eigenvalue weighted by Crippen LogP contribution is -2.58. The van der Waals surface area contributed by atoms with Crippen molar-refractivity contribution >= 4 is 10.1 Å². The summed E-state index contributed by atoms with van der Waals surface area (Å²) in [6.07, 6.45) is -13.7. The summed E-state index contributed by atoms with van der Waals surface area (Å²) in [4.78, 5) is 0. The summed E-state index contributed by atoms with van der Waals surface area (Å²) in [7, 11) is -2.65. The van der Waals surface area contributed by atoms with Gasteiger partial charge in [-0.2, -0.15) is 26.0 Å². The lowest BCUT2D eigenvalue weighted by atomic mass is 10.0. The van der Waals surface area contributed by atoms with Gasteiger partial charge in [0.05, 0.1) is 0 Å². The van der Waals surface area contributed by atoms with Gasteiger partial charge in [0.15, 0.2) is 6.17 Å². The van der Waals surface area contributed by atoms with E-state index in [0.29, 0.717) is 0 Å². The third-order valence-electron chi connectivity index (χ3n) is 1.86. The van der Waals surface area contributed by atoms with Crippen LogP contribution in [0.1, 0.15) is 0 Å². The summed E-state index contributed by atoms with van der Waals surface area (Å²) < 4.78 is 139. The predicted octanol–water partition coefficient (Wildman–Crippen LogP) is 2.22. The van der Waals surface area contributed by atoms with Gasteiger partial charge in [-0.05, 0) is 14.1 Å². The molecule has 0 aliphatic rings. The molecule has 0 fully saturated rings. The normalized spacial score (nSPS) is 17.5. The van der Waals surface area contributed by atoms with Gasteiger partial charge < -0.3 is 5.32 Å². The largest absolute Gasteiger partial charge is 0.360 e. The van der Waals surface area contributed by atoms with Crippen LogP contribution >= 0.6 is 0 Å². The molecule has 3 unspecified atom stereocenters. The molecule has 136 valence electrons. The van der Waals surface area contributed by atoms with Crippen molar-refractivity contribution in [1.82, 2.24) is 5.32 Å². The lowest BCUT2D eigenvalue weighted by molar-refractivity contribution is -0.265. The van der Waals surface area contributed by atoms with Gasteiger partial charge in [-0.1, -0.05) is 0 Å². The van der Waals surface area contributed by atoms with Gasteiger partial charge in [-0.25, -0.2) is 22.0 Å². The van der Waals surface area contributed by atoms with Crippen LogP contribution in [-0.2, 0) is 10.1 Å². The Bertz CT molecular complexity index is 431. The van der Waals surface area contributed by atoms with Gasteiger partial charge in [0.1, 0.15) is 0 Å². The quantitative estimate of drug-likeness (QED) is 0.554. The average Bonchev–Trinajstić information content (AvgIpc) is 2.35. The van der Waals surface area contributed by atoms with Crippen molar-refractivity contribution in [2.24, 2.45) is 0 Å². The van der Waals surface area contributed by atoms with Crippen LogP contribution in [0.3, 0.4) is 0 Å². The van der Waals surface area contributed by atoms with E-state index in [-0.39, 0.29) is 0 Å². The van der Waals surface area contributed by atoms with Crippen LogP contribution in [-0.4, -0.2) is 63.2 Å². The molecular formula is C8H12F9NO3S. The number of nitrogens with one attached hydrogen (secondary N) is 1. The van der Waals surface area contributed by atoms with E-state index in [0.717, 1.165) is 0 Å². The van der Waals surface area contributed by atoms with Gasteiger partial charge in [-0.15, -0.1) is 0 Å². The standard InChI is InChI=1S/C6H5F9O3S.C2H7N/c7-1(3(9)10)2(8)5(12,13)6(14,15)4(11)19(16,17)18;1-3-2/h1-4H,(H,16,17,18);3H,1-2H3. The van der Waals surface area contributed by atoms with Crippen LogP contribution in [0.15, 0.2) is 0 Å². The van der Waals surface area contributed by atoms with Gasteiger partial charge in [0.25, 0.3) is 11.9 Å². The fourth-order valence-corrected chi connectivity index (χ4v) is 1.38. The second kappa shape index (κ2) is 8.19. The van der Waals surface area contributed by atoms with E-state index >= 15 is 0 Å². The first-order valence-electron chi connectivity index (χ1n) is 5.09. The second-order valence-corrected chi connectivity index (χ2v) is 5.20. The van der Waals surface area contributed by atoms with Crippen molar-refractivity contribution in [3.05, 3.63) is 0 Å². The number of halogens is 9. The highest BCUT2D eigenvalue weighted by molar-refractivity contribution is 7.86. The minimum Gasteiger partial charge on any atom is -0.323 e. The molecule has 2 N–H and O–H groups in total. The lowest BCUT2D eigenvalue weighted by Gasteiger charge is -2.30. The fourth-order valence-electron chi connectivity index (χ4n) is 0.850. The molecule has 0 bridgehead atoms. The third kappa shape index (κ3) is 5.46. The van der Waals surface area contributed by atoms with E-state index in [1.165, 1.54) is 0 Å². The molecule has 0 saturated carbocycles. The summed E-state index contributed by atoms with van der Waals surface area (Å²) in [5, 5.41) is 2.75. The molecule has 0 aromatic carbocycles. The Hall–Kier alpha value is -0.760. The summed E-state index contributed by atoms with van der Waals surface area (Å²) in [6.45, 7) is 0. The summed E-state index contributed by atoms with van der Waals surface area (Å²) in [5.74, 6) is -12.9. The average molecular weight is 373 g/mol. The van der Waals surface area contributed by atoms with Crippen LogP contribution < -0.4 is 5.32 Å². The third-order valence-corrected chi connectivity index (χ3v) is 2.68. The Kier molecular flexibility index (Phi) is 8.75. The monoisotopic (exact) mass is 373 g/mol. The molecular weight excluding hydrogens is 361 g/mol. The first-order chi connectivity index (χ1) is 9.58.